The zero-order valence-electron chi connectivity index (χ0n) is 10.7. The van der Waals surface area contributed by atoms with E-state index in [4.69, 9.17) is 22.1 Å². The summed E-state index contributed by atoms with van der Waals surface area (Å²) in [5, 5.41) is 18.8. The van der Waals surface area contributed by atoms with Crippen LogP contribution in [0.15, 0.2) is 11.0 Å². The number of hydrogen-bond donors (Lipinski definition) is 3. The van der Waals surface area contributed by atoms with E-state index in [0.29, 0.717) is 4.64 Å². The monoisotopic (exact) mass is 286 g/mol. The molecule has 0 unspecified atom stereocenters. The van der Waals surface area contributed by atoms with Gasteiger partial charge in [-0.25, -0.2) is 4.79 Å². The lowest BCUT2D eigenvalue weighted by molar-refractivity contribution is -0.0459. The summed E-state index contributed by atoms with van der Waals surface area (Å²) in [6, 6.07) is 0. The SMILES string of the molecule is CCCc1cn([C@@H]2C[C@@H](O)[C@H](CO)O2)c(=O)[nH]c1=S. The van der Waals surface area contributed by atoms with Crippen LogP contribution in [0.1, 0.15) is 31.6 Å². The van der Waals surface area contributed by atoms with Gasteiger partial charge in [-0.3, -0.25) is 9.55 Å². The average molecular weight is 286 g/mol. The Morgan fingerprint density at radius 3 is 2.95 bits per heavy atom. The van der Waals surface area contributed by atoms with Crippen molar-refractivity contribution < 1.29 is 14.9 Å². The average Bonchev–Trinajstić information content (AvgIpc) is 2.74. The van der Waals surface area contributed by atoms with Crippen molar-refractivity contribution in [1.82, 2.24) is 9.55 Å². The molecule has 19 heavy (non-hydrogen) atoms. The van der Waals surface area contributed by atoms with Crippen molar-refractivity contribution in [2.24, 2.45) is 0 Å². The van der Waals surface area contributed by atoms with Crippen LogP contribution in [-0.2, 0) is 11.2 Å². The van der Waals surface area contributed by atoms with Crippen molar-refractivity contribution in [3.63, 3.8) is 0 Å². The van der Waals surface area contributed by atoms with Gasteiger partial charge in [-0.1, -0.05) is 25.6 Å². The van der Waals surface area contributed by atoms with Crippen molar-refractivity contribution in [2.45, 2.75) is 44.6 Å². The number of aliphatic hydroxyl groups excluding tert-OH is 2. The Bertz CT molecular complexity index is 553. The Kier molecular flexibility index (Phi) is 4.51. The fourth-order valence-electron chi connectivity index (χ4n) is 2.24. The molecule has 2 rings (SSSR count). The van der Waals surface area contributed by atoms with E-state index < -0.39 is 18.4 Å². The first-order chi connectivity index (χ1) is 9.06. The summed E-state index contributed by atoms with van der Waals surface area (Å²) in [5.41, 5.74) is 0.517. The summed E-state index contributed by atoms with van der Waals surface area (Å²) >= 11 is 5.11. The van der Waals surface area contributed by atoms with Gasteiger partial charge in [0.05, 0.1) is 12.7 Å². The minimum Gasteiger partial charge on any atom is -0.394 e. The zero-order valence-corrected chi connectivity index (χ0v) is 11.5. The van der Waals surface area contributed by atoms with Crippen LogP contribution < -0.4 is 5.69 Å². The largest absolute Gasteiger partial charge is 0.394 e. The third kappa shape index (κ3) is 2.94. The molecule has 1 aliphatic heterocycles. The maximum absolute atomic E-state index is 11.9. The molecule has 3 N–H and O–H groups in total. The van der Waals surface area contributed by atoms with E-state index in [1.165, 1.54) is 4.57 Å². The van der Waals surface area contributed by atoms with Gasteiger partial charge in [-0.2, -0.15) is 0 Å². The third-order valence-electron chi connectivity index (χ3n) is 3.26. The van der Waals surface area contributed by atoms with E-state index in [-0.39, 0.29) is 18.7 Å². The van der Waals surface area contributed by atoms with Gasteiger partial charge in [-0.15, -0.1) is 0 Å². The summed E-state index contributed by atoms with van der Waals surface area (Å²) in [5.74, 6) is 0. The highest BCUT2D eigenvalue weighted by molar-refractivity contribution is 7.71. The van der Waals surface area contributed by atoms with Crippen LogP contribution in [0.4, 0.5) is 0 Å². The Labute approximate surface area is 115 Å². The second kappa shape index (κ2) is 5.96. The van der Waals surface area contributed by atoms with Gasteiger partial charge in [0, 0.05) is 18.2 Å². The number of H-pyrrole nitrogens is 1. The quantitative estimate of drug-likeness (QED) is 0.702. The molecule has 0 spiro atoms. The zero-order chi connectivity index (χ0) is 14.0. The predicted molar refractivity (Wildman–Crippen MR) is 71.5 cm³/mol. The standard InChI is InChI=1S/C12H18N2O4S/c1-2-3-7-5-14(12(17)13-11(7)19)10-4-8(16)9(6-15)18-10/h5,8-10,15-16H,2-4,6H2,1H3,(H,13,17,19)/t8-,9+,10+/m1/s1. The summed E-state index contributed by atoms with van der Waals surface area (Å²) in [6.45, 7) is 1.76. The van der Waals surface area contributed by atoms with E-state index in [9.17, 15) is 9.90 Å². The molecular formula is C12H18N2O4S. The van der Waals surface area contributed by atoms with Crippen molar-refractivity contribution in [3.8, 4) is 0 Å². The number of aromatic amines is 1. The molecule has 1 aliphatic rings. The lowest BCUT2D eigenvalue weighted by Crippen LogP contribution is -2.28. The molecule has 0 radical (unpaired) electrons. The smallest absolute Gasteiger partial charge is 0.328 e. The molecule has 1 fully saturated rings. The highest BCUT2D eigenvalue weighted by Gasteiger charge is 2.34. The summed E-state index contributed by atoms with van der Waals surface area (Å²) in [4.78, 5) is 14.5. The van der Waals surface area contributed by atoms with E-state index in [1.54, 1.807) is 6.20 Å². The molecule has 7 heteroatoms. The van der Waals surface area contributed by atoms with Gasteiger partial charge in [0.25, 0.3) is 0 Å². The number of aromatic nitrogens is 2. The minimum atomic E-state index is -0.764. The van der Waals surface area contributed by atoms with Gasteiger partial charge in [-0.05, 0) is 6.42 Å². The fourth-order valence-corrected chi connectivity index (χ4v) is 2.48. The third-order valence-corrected chi connectivity index (χ3v) is 3.62. The van der Waals surface area contributed by atoms with E-state index in [0.717, 1.165) is 18.4 Å². The first kappa shape index (κ1) is 14.4. The highest BCUT2D eigenvalue weighted by atomic mass is 32.1. The summed E-state index contributed by atoms with van der Waals surface area (Å²) < 4.78 is 7.32. The number of aliphatic hydroxyl groups is 2. The maximum atomic E-state index is 11.9. The molecule has 0 saturated carbocycles. The molecule has 0 aliphatic carbocycles. The fraction of sp³-hybridized carbons (Fsp3) is 0.667. The number of rotatable bonds is 4. The van der Waals surface area contributed by atoms with Gasteiger partial charge in [0.2, 0.25) is 0 Å². The molecule has 0 amide bonds. The van der Waals surface area contributed by atoms with E-state index in [1.807, 2.05) is 6.92 Å². The number of aryl methyl sites for hydroxylation is 1. The normalized spacial score (nSPS) is 26.8. The van der Waals surface area contributed by atoms with Crippen LogP contribution in [-0.4, -0.2) is 38.6 Å². The Hall–Kier alpha value is -1.02. The van der Waals surface area contributed by atoms with Crippen molar-refractivity contribution in [3.05, 3.63) is 26.9 Å². The first-order valence-corrected chi connectivity index (χ1v) is 6.76. The molecule has 1 aromatic heterocycles. The molecule has 0 bridgehead atoms. The van der Waals surface area contributed by atoms with Crippen molar-refractivity contribution in [1.29, 1.82) is 0 Å². The maximum Gasteiger partial charge on any atom is 0.328 e. The highest BCUT2D eigenvalue weighted by Crippen LogP contribution is 2.27. The second-order valence-corrected chi connectivity index (χ2v) is 5.09. The van der Waals surface area contributed by atoms with Crippen LogP contribution in [0.3, 0.4) is 0 Å². The van der Waals surface area contributed by atoms with Gasteiger partial charge in [0.15, 0.2) is 0 Å². The van der Waals surface area contributed by atoms with Crippen molar-refractivity contribution in [2.75, 3.05) is 6.61 Å². The van der Waals surface area contributed by atoms with Crippen LogP contribution >= 0.6 is 12.2 Å². The Morgan fingerprint density at radius 1 is 1.63 bits per heavy atom. The van der Waals surface area contributed by atoms with Crippen LogP contribution in [0.2, 0.25) is 0 Å². The summed E-state index contributed by atoms with van der Waals surface area (Å²) in [7, 11) is 0. The van der Waals surface area contributed by atoms with Crippen LogP contribution in [0.5, 0.6) is 0 Å². The molecule has 0 aromatic carbocycles. The molecule has 6 nitrogen and oxygen atoms in total. The lowest BCUT2D eigenvalue weighted by Gasteiger charge is -2.15. The topological polar surface area (TPSA) is 87.5 Å². The molecule has 106 valence electrons. The van der Waals surface area contributed by atoms with E-state index in [2.05, 4.69) is 4.98 Å². The first-order valence-electron chi connectivity index (χ1n) is 6.35. The number of nitrogens with one attached hydrogen (secondary N) is 1. The molecular weight excluding hydrogens is 268 g/mol. The summed E-state index contributed by atoms with van der Waals surface area (Å²) in [6.07, 6.45) is 1.68. The molecule has 3 atom stereocenters. The second-order valence-electron chi connectivity index (χ2n) is 4.69. The van der Waals surface area contributed by atoms with Crippen LogP contribution in [0, 0.1) is 4.64 Å². The minimum absolute atomic E-state index is 0.267. The predicted octanol–water partition coefficient (Wildman–Crippen LogP) is 0.499. The lowest BCUT2D eigenvalue weighted by atomic mass is 10.2. The number of ether oxygens (including phenoxy) is 1. The van der Waals surface area contributed by atoms with Gasteiger partial charge >= 0.3 is 5.69 Å². The van der Waals surface area contributed by atoms with Gasteiger partial charge < -0.3 is 14.9 Å². The van der Waals surface area contributed by atoms with E-state index >= 15 is 0 Å². The Morgan fingerprint density at radius 2 is 2.37 bits per heavy atom. The molecule has 1 saturated heterocycles. The van der Waals surface area contributed by atoms with Gasteiger partial charge in [0.1, 0.15) is 17.0 Å². The van der Waals surface area contributed by atoms with Crippen LogP contribution in [0.25, 0.3) is 0 Å². The number of hydrogen-bond acceptors (Lipinski definition) is 5. The molecule has 2 heterocycles. The van der Waals surface area contributed by atoms with Crippen molar-refractivity contribution >= 4 is 12.2 Å². The number of nitrogens with zero attached hydrogens (tertiary/aromatic N) is 1. The molecule has 1 aromatic rings. The Balaban J connectivity index is 2.33.